The molecule has 1 unspecified atom stereocenters. The fraction of sp³-hybridized carbons (Fsp3) is 0.846. The zero-order valence-electron chi connectivity index (χ0n) is 10.5. The van der Waals surface area contributed by atoms with Crippen LogP contribution in [-0.2, 0) is 14.3 Å². The molecular formula is C13H20O3. The highest BCUT2D eigenvalue weighted by molar-refractivity contribution is 5.94. The van der Waals surface area contributed by atoms with E-state index in [2.05, 4.69) is 25.5 Å². The number of hydrogen-bond acceptors (Lipinski definition) is 3. The van der Waals surface area contributed by atoms with Gasteiger partial charge >= 0.3 is 5.97 Å². The van der Waals surface area contributed by atoms with Gasteiger partial charge in [0, 0.05) is 11.3 Å². The van der Waals surface area contributed by atoms with Crippen molar-refractivity contribution in [2.75, 3.05) is 7.11 Å². The molecule has 0 heterocycles. The molecule has 2 aliphatic carbocycles. The summed E-state index contributed by atoms with van der Waals surface area (Å²) in [7, 11) is 1.38. The largest absolute Gasteiger partial charge is 0.469 e. The Labute approximate surface area is 96.5 Å². The van der Waals surface area contributed by atoms with Crippen LogP contribution in [0.2, 0.25) is 0 Å². The Morgan fingerprint density at radius 3 is 2.50 bits per heavy atom. The van der Waals surface area contributed by atoms with Gasteiger partial charge in [-0.25, -0.2) is 0 Å². The van der Waals surface area contributed by atoms with Gasteiger partial charge in [-0.1, -0.05) is 20.8 Å². The topological polar surface area (TPSA) is 43.4 Å². The van der Waals surface area contributed by atoms with Crippen molar-refractivity contribution in [1.29, 1.82) is 0 Å². The van der Waals surface area contributed by atoms with Gasteiger partial charge in [-0.2, -0.15) is 0 Å². The second-order valence-corrected chi connectivity index (χ2v) is 5.95. The van der Waals surface area contributed by atoms with E-state index in [0.29, 0.717) is 5.92 Å². The summed E-state index contributed by atoms with van der Waals surface area (Å²) in [5, 5.41) is 0. The molecule has 0 spiro atoms. The van der Waals surface area contributed by atoms with E-state index in [4.69, 9.17) is 0 Å². The van der Waals surface area contributed by atoms with Crippen molar-refractivity contribution in [3.63, 3.8) is 0 Å². The summed E-state index contributed by atoms with van der Waals surface area (Å²) >= 11 is 0. The van der Waals surface area contributed by atoms with Gasteiger partial charge in [0.15, 0.2) is 0 Å². The third-order valence-corrected chi connectivity index (χ3v) is 5.28. The van der Waals surface area contributed by atoms with Crippen LogP contribution in [0.1, 0.15) is 40.0 Å². The molecule has 2 fully saturated rings. The third kappa shape index (κ3) is 1.20. The molecule has 0 saturated heterocycles. The molecule has 90 valence electrons. The number of hydrogen-bond donors (Lipinski definition) is 0. The third-order valence-electron chi connectivity index (χ3n) is 5.28. The first kappa shape index (κ1) is 11.6. The maximum atomic E-state index is 12.3. The number of carbonyl (C=O) groups excluding carboxylic acids is 2. The summed E-state index contributed by atoms with van der Waals surface area (Å²) < 4.78 is 4.68. The standard InChI is InChI=1S/C13H20O3/c1-12(2)9-5-6-13(12,3)11(15)8(9)7-10(14)16-4/h8-9H,5-7H2,1-4H3/t8?,9-,13+/m0/s1. The number of ketones is 1. The van der Waals surface area contributed by atoms with E-state index in [-0.39, 0.29) is 34.9 Å². The van der Waals surface area contributed by atoms with Crippen LogP contribution >= 0.6 is 0 Å². The predicted octanol–water partition coefficient (Wildman–Crippen LogP) is 2.19. The average molecular weight is 224 g/mol. The van der Waals surface area contributed by atoms with Crippen LogP contribution < -0.4 is 0 Å². The summed E-state index contributed by atoms with van der Waals surface area (Å²) in [4.78, 5) is 23.7. The van der Waals surface area contributed by atoms with Gasteiger partial charge in [-0.15, -0.1) is 0 Å². The van der Waals surface area contributed by atoms with E-state index in [0.717, 1.165) is 12.8 Å². The molecule has 0 aromatic heterocycles. The van der Waals surface area contributed by atoms with E-state index in [1.165, 1.54) is 7.11 Å². The molecule has 2 bridgehead atoms. The van der Waals surface area contributed by atoms with Gasteiger partial charge in [-0.3, -0.25) is 9.59 Å². The van der Waals surface area contributed by atoms with Gasteiger partial charge in [-0.05, 0) is 24.2 Å². The molecular weight excluding hydrogens is 204 g/mol. The van der Waals surface area contributed by atoms with Crippen molar-refractivity contribution in [3.05, 3.63) is 0 Å². The summed E-state index contributed by atoms with van der Waals surface area (Å²) in [6.45, 7) is 6.40. The Kier molecular flexibility index (Phi) is 2.41. The average Bonchev–Trinajstić information content (AvgIpc) is 2.53. The van der Waals surface area contributed by atoms with Gasteiger partial charge in [0.05, 0.1) is 13.5 Å². The molecule has 2 aliphatic rings. The molecule has 0 radical (unpaired) electrons. The number of esters is 1. The van der Waals surface area contributed by atoms with Crippen molar-refractivity contribution in [2.24, 2.45) is 22.7 Å². The van der Waals surface area contributed by atoms with Crippen molar-refractivity contribution >= 4 is 11.8 Å². The van der Waals surface area contributed by atoms with E-state index in [1.807, 2.05) is 0 Å². The van der Waals surface area contributed by atoms with Crippen molar-refractivity contribution in [1.82, 2.24) is 0 Å². The Balaban J connectivity index is 2.26. The molecule has 2 rings (SSSR count). The Morgan fingerprint density at radius 1 is 1.44 bits per heavy atom. The lowest BCUT2D eigenvalue weighted by molar-refractivity contribution is -0.145. The van der Waals surface area contributed by atoms with Crippen LogP contribution in [0.3, 0.4) is 0 Å². The fourth-order valence-electron chi connectivity index (χ4n) is 3.77. The van der Waals surface area contributed by atoms with Crippen molar-refractivity contribution in [3.8, 4) is 0 Å². The molecule has 3 heteroatoms. The second-order valence-electron chi connectivity index (χ2n) is 5.95. The highest BCUT2D eigenvalue weighted by atomic mass is 16.5. The van der Waals surface area contributed by atoms with Crippen molar-refractivity contribution in [2.45, 2.75) is 40.0 Å². The normalized spacial score (nSPS) is 40.1. The summed E-state index contributed by atoms with van der Waals surface area (Å²) in [5.41, 5.74) is -0.195. The van der Waals surface area contributed by atoms with Gasteiger partial charge in [0.1, 0.15) is 5.78 Å². The highest BCUT2D eigenvalue weighted by Gasteiger charge is 2.66. The maximum Gasteiger partial charge on any atom is 0.306 e. The fourth-order valence-corrected chi connectivity index (χ4v) is 3.77. The molecule has 16 heavy (non-hydrogen) atoms. The van der Waals surface area contributed by atoms with Gasteiger partial charge in [0.2, 0.25) is 0 Å². The lowest BCUT2D eigenvalue weighted by atomic mass is 9.70. The minimum atomic E-state index is -0.259. The highest BCUT2D eigenvalue weighted by Crippen LogP contribution is 2.66. The molecule has 0 aromatic carbocycles. The number of methoxy groups -OCH3 is 1. The first-order chi connectivity index (χ1) is 7.34. The predicted molar refractivity (Wildman–Crippen MR) is 59.7 cm³/mol. The molecule has 3 nitrogen and oxygen atoms in total. The zero-order valence-corrected chi connectivity index (χ0v) is 10.5. The Bertz CT molecular complexity index is 345. The monoisotopic (exact) mass is 224 g/mol. The summed E-state index contributed by atoms with van der Waals surface area (Å²) in [6.07, 6.45) is 2.30. The van der Waals surface area contributed by atoms with Crippen LogP contribution in [0.4, 0.5) is 0 Å². The van der Waals surface area contributed by atoms with Crippen LogP contribution in [0.5, 0.6) is 0 Å². The number of carbonyl (C=O) groups is 2. The van der Waals surface area contributed by atoms with E-state index in [1.54, 1.807) is 0 Å². The first-order valence-electron chi connectivity index (χ1n) is 5.95. The lowest BCUT2D eigenvalue weighted by Crippen LogP contribution is -2.33. The van der Waals surface area contributed by atoms with Gasteiger partial charge in [0.25, 0.3) is 0 Å². The maximum absolute atomic E-state index is 12.3. The van der Waals surface area contributed by atoms with Crippen LogP contribution in [0.25, 0.3) is 0 Å². The molecule has 2 saturated carbocycles. The van der Waals surface area contributed by atoms with E-state index >= 15 is 0 Å². The molecule has 0 aromatic rings. The number of ether oxygens (including phenoxy) is 1. The number of rotatable bonds is 2. The minimum Gasteiger partial charge on any atom is -0.469 e. The van der Waals surface area contributed by atoms with Gasteiger partial charge < -0.3 is 4.74 Å². The molecule has 0 N–H and O–H groups in total. The quantitative estimate of drug-likeness (QED) is 0.675. The van der Waals surface area contributed by atoms with E-state index < -0.39 is 0 Å². The lowest BCUT2D eigenvalue weighted by Gasteiger charge is -2.32. The molecule has 0 amide bonds. The second kappa shape index (κ2) is 3.31. The zero-order chi connectivity index (χ0) is 12.1. The van der Waals surface area contributed by atoms with Crippen molar-refractivity contribution < 1.29 is 14.3 Å². The smallest absolute Gasteiger partial charge is 0.306 e. The van der Waals surface area contributed by atoms with Crippen LogP contribution in [0.15, 0.2) is 0 Å². The Morgan fingerprint density at radius 2 is 2.06 bits per heavy atom. The number of Topliss-reactive ketones (excluding diaryl/α,β-unsaturated/α-hetero) is 1. The van der Waals surface area contributed by atoms with Crippen LogP contribution in [-0.4, -0.2) is 18.9 Å². The summed E-state index contributed by atoms with van der Waals surface area (Å²) in [5.74, 6) is 0.259. The number of fused-ring (bicyclic) bond motifs is 2. The first-order valence-corrected chi connectivity index (χ1v) is 5.95. The van der Waals surface area contributed by atoms with E-state index in [9.17, 15) is 9.59 Å². The minimum absolute atomic E-state index is 0.0305. The molecule has 0 aliphatic heterocycles. The Hall–Kier alpha value is -0.860. The molecule has 3 atom stereocenters. The SMILES string of the molecule is COC(=O)CC1C(=O)[C@@]2(C)CC[C@@H]1C2(C)C. The summed E-state index contributed by atoms with van der Waals surface area (Å²) in [6, 6.07) is 0. The van der Waals surface area contributed by atoms with Crippen LogP contribution in [0, 0.1) is 22.7 Å².